The molecule has 244 valence electrons. The Balaban J connectivity index is 3.90. The van der Waals surface area contributed by atoms with Crippen LogP contribution in [-0.4, -0.2) is 46.6 Å². The smallest absolute Gasteiger partial charge is 0.309 e. The van der Waals surface area contributed by atoms with Crippen molar-refractivity contribution in [2.24, 2.45) is 11.8 Å². The molecule has 0 bridgehead atoms. The highest BCUT2D eigenvalue weighted by atomic mass is 16.5. The van der Waals surface area contributed by atoms with Gasteiger partial charge in [0.25, 0.3) is 0 Å². The Morgan fingerprint density at radius 1 is 0.561 bits per heavy atom. The Kier molecular flexibility index (Phi) is 29.5. The average molecular weight is 585 g/mol. The van der Waals surface area contributed by atoms with Gasteiger partial charge in [-0.2, -0.15) is 0 Å². The van der Waals surface area contributed by atoms with Crippen LogP contribution in [0.1, 0.15) is 181 Å². The van der Waals surface area contributed by atoms with Crippen molar-refractivity contribution in [2.75, 3.05) is 13.2 Å². The molecule has 0 saturated heterocycles. The van der Waals surface area contributed by atoms with E-state index in [0.29, 0.717) is 6.42 Å². The molecule has 0 aliphatic rings. The molecule has 0 spiro atoms. The van der Waals surface area contributed by atoms with Gasteiger partial charge in [0.15, 0.2) is 0 Å². The molecule has 0 aromatic carbocycles. The quantitative estimate of drug-likeness (QED) is 0.0537. The predicted molar refractivity (Wildman–Crippen MR) is 170 cm³/mol. The summed E-state index contributed by atoms with van der Waals surface area (Å²) in [6, 6.07) is 0. The molecule has 0 rings (SSSR count). The maximum absolute atomic E-state index is 12.7. The standard InChI is InChI=1S/C35H68O6/c1-31(2)25-21-17-13-9-5-3-6-10-14-18-22-26-32(35(40)41-30-33(37)29-36)27-23-19-15-11-7-4-8-12-16-20-24-28-34(38)39/h31-33,36-37H,3-30H2,1-2H3,(H,38,39). The number of carbonyl (C=O) groups is 2. The topological polar surface area (TPSA) is 104 Å². The highest BCUT2D eigenvalue weighted by molar-refractivity contribution is 5.72. The Morgan fingerprint density at radius 3 is 1.24 bits per heavy atom. The molecule has 0 heterocycles. The number of aliphatic hydroxyl groups excluding tert-OH is 2. The zero-order chi connectivity index (χ0) is 30.4. The number of hydrogen-bond donors (Lipinski definition) is 3. The zero-order valence-electron chi connectivity index (χ0n) is 27.1. The highest BCUT2D eigenvalue weighted by Crippen LogP contribution is 2.22. The van der Waals surface area contributed by atoms with Gasteiger partial charge >= 0.3 is 11.9 Å². The van der Waals surface area contributed by atoms with Gasteiger partial charge < -0.3 is 20.1 Å². The SMILES string of the molecule is CC(C)CCCCCCCCCCCCCC(CCCCCCCCCCCCCC(=O)O)C(=O)OCC(O)CO. The van der Waals surface area contributed by atoms with Crippen molar-refractivity contribution >= 4 is 11.9 Å². The number of ether oxygens (including phenoxy) is 1. The first-order valence-electron chi connectivity index (χ1n) is 17.5. The number of aliphatic hydroxyl groups is 2. The van der Waals surface area contributed by atoms with Crippen LogP contribution >= 0.6 is 0 Å². The second-order valence-electron chi connectivity index (χ2n) is 12.8. The minimum atomic E-state index is -0.996. The van der Waals surface area contributed by atoms with Gasteiger partial charge in [-0.3, -0.25) is 9.59 Å². The first kappa shape index (κ1) is 39.9. The molecule has 0 saturated carbocycles. The Hall–Kier alpha value is -1.14. The Bertz CT molecular complexity index is 579. The van der Waals surface area contributed by atoms with E-state index < -0.39 is 12.1 Å². The largest absolute Gasteiger partial charge is 0.481 e. The van der Waals surface area contributed by atoms with Gasteiger partial charge in [0.05, 0.1) is 12.5 Å². The van der Waals surface area contributed by atoms with Gasteiger partial charge in [0.1, 0.15) is 12.7 Å². The predicted octanol–water partition coefficient (Wildman–Crippen LogP) is 9.38. The summed E-state index contributed by atoms with van der Waals surface area (Å²) in [7, 11) is 0. The van der Waals surface area contributed by atoms with Crippen LogP contribution in [0.3, 0.4) is 0 Å². The zero-order valence-corrected chi connectivity index (χ0v) is 27.1. The van der Waals surface area contributed by atoms with Crippen LogP contribution in [0.15, 0.2) is 0 Å². The summed E-state index contributed by atoms with van der Waals surface area (Å²) in [5.41, 5.74) is 0. The van der Waals surface area contributed by atoms with Crippen molar-refractivity contribution in [3.8, 4) is 0 Å². The molecular formula is C35H68O6. The van der Waals surface area contributed by atoms with Crippen LogP contribution in [0.5, 0.6) is 0 Å². The van der Waals surface area contributed by atoms with E-state index in [1.165, 1.54) is 103 Å². The van der Waals surface area contributed by atoms with Crippen LogP contribution in [0, 0.1) is 11.8 Å². The maximum atomic E-state index is 12.7. The van der Waals surface area contributed by atoms with Gasteiger partial charge in [-0.1, -0.05) is 155 Å². The number of aliphatic carboxylic acids is 1. The van der Waals surface area contributed by atoms with Crippen molar-refractivity contribution in [3.05, 3.63) is 0 Å². The molecule has 3 N–H and O–H groups in total. The van der Waals surface area contributed by atoms with Crippen molar-refractivity contribution < 1.29 is 29.6 Å². The van der Waals surface area contributed by atoms with E-state index >= 15 is 0 Å². The van der Waals surface area contributed by atoms with Gasteiger partial charge in [-0.05, 0) is 25.2 Å². The van der Waals surface area contributed by atoms with Crippen molar-refractivity contribution in [3.63, 3.8) is 0 Å². The van der Waals surface area contributed by atoms with Crippen LogP contribution in [0.4, 0.5) is 0 Å². The monoisotopic (exact) mass is 585 g/mol. The number of rotatable bonds is 32. The number of carboxylic acid groups (broad SMARTS) is 1. The molecule has 0 aliphatic heterocycles. The van der Waals surface area contributed by atoms with Crippen LogP contribution < -0.4 is 0 Å². The summed E-state index contributed by atoms with van der Waals surface area (Å²) in [5.74, 6) is -0.169. The summed E-state index contributed by atoms with van der Waals surface area (Å²) >= 11 is 0. The fourth-order valence-electron chi connectivity index (χ4n) is 5.52. The first-order valence-corrected chi connectivity index (χ1v) is 17.5. The summed E-state index contributed by atoms with van der Waals surface area (Å²) in [4.78, 5) is 23.2. The summed E-state index contributed by atoms with van der Waals surface area (Å²) < 4.78 is 5.32. The van der Waals surface area contributed by atoms with Crippen molar-refractivity contribution in [2.45, 2.75) is 187 Å². The molecule has 0 fully saturated rings. The van der Waals surface area contributed by atoms with E-state index in [1.54, 1.807) is 0 Å². The van der Waals surface area contributed by atoms with E-state index in [2.05, 4.69) is 13.8 Å². The fraction of sp³-hybridized carbons (Fsp3) is 0.943. The lowest BCUT2D eigenvalue weighted by molar-refractivity contribution is -0.152. The summed E-state index contributed by atoms with van der Waals surface area (Å²) in [6.45, 7) is 4.10. The van der Waals surface area contributed by atoms with E-state index in [1.807, 2.05) is 0 Å². The minimum absolute atomic E-state index is 0.0993. The Labute approximate surface area is 253 Å². The second-order valence-corrected chi connectivity index (χ2v) is 12.8. The van der Waals surface area contributed by atoms with E-state index in [9.17, 15) is 14.7 Å². The molecule has 2 atom stereocenters. The third-order valence-electron chi connectivity index (χ3n) is 8.24. The number of carboxylic acids is 1. The number of unbranched alkanes of at least 4 members (excludes halogenated alkanes) is 20. The summed E-state index contributed by atoms with van der Waals surface area (Å²) in [5, 5.41) is 27.2. The molecule has 0 amide bonds. The molecule has 2 unspecified atom stereocenters. The molecule has 0 aromatic heterocycles. The normalized spacial score (nSPS) is 13.0. The van der Waals surface area contributed by atoms with Gasteiger partial charge in [0.2, 0.25) is 0 Å². The first-order chi connectivity index (χ1) is 19.9. The van der Waals surface area contributed by atoms with E-state index in [-0.39, 0.29) is 25.1 Å². The highest BCUT2D eigenvalue weighted by Gasteiger charge is 2.20. The molecular weight excluding hydrogens is 516 g/mol. The second kappa shape index (κ2) is 30.3. The summed E-state index contributed by atoms with van der Waals surface area (Å²) in [6.07, 6.45) is 29.2. The maximum Gasteiger partial charge on any atom is 0.309 e. The van der Waals surface area contributed by atoms with Crippen LogP contribution in [0.2, 0.25) is 0 Å². The minimum Gasteiger partial charge on any atom is -0.481 e. The lowest BCUT2D eigenvalue weighted by Gasteiger charge is -2.17. The lowest BCUT2D eigenvalue weighted by atomic mass is 9.94. The number of hydrogen-bond acceptors (Lipinski definition) is 5. The fourth-order valence-corrected chi connectivity index (χ4v) is 5.52. The van der Waals surface area contributed by atoms with E-state index in [0.717, 1.165) is 63.7 Å². The van der Waals surface area contributed by atoms with Crippen molar-refractivity contribution in [1.29, 1.82) is 0 Å². The average Bonchev–Trinajstić information content (AvgIpc) is 2.94. The third kappa shape index (κ3) is 30.1. The third-order valence-corrected chi connectivity index (χ3v) is 8.24. The van der Waals surface area contributed by atoms with Gasteiger partial charge in [-0.25, -0.2) is 0 Å². The Morgan fingerprint density at radius 2 is 0.902 bits per heavy atom. The van der Waals surface area contributed by atoms with Crippen LogP contribution in [0.25, 0.3) is 0 Å². The van der Waals surface area contributed by atoms with Gasteiger partial charge in [-0.15, -0.1) is 0 Å². The molecule has 0 aromatic rings. The molecule has 41 heavy (non-hydrogen) atoms. The van der Waals surface area contributed by atoms with E-state index in [4.69, 9.17) is 14.9 Å². The van der Waals surface area contributed by atoms with Crippen LogP contribution in [-0.2, 0) is 14.3 Å². The van der Waals surface area contributed by atoms with Crippen molar-refractivity contribution in [1.82, 2.24) is 0 Å². The number of esters is 1. The molecule has 0 aliphatic carbocycles. The molecule has 6 nitrogen and oxygen atoms in total. The van der Waals surface area contributed by atoms with Gasteiger partial charge in [0, 0.05) is 6.42 Å². The molecule has 0 radical (unpaired) electrons. The molecule has 6 heteroatoms. The lowest BCUT2D eigenvalue weighted by Crippen LogP contribution is -2.25. The number of carbonyl (C=O) groups excluding carboxylic acids is 1.